The first kappa shape index (κ1) is 20.2. The van der Waals surface area contributed by atoms with Gasteiger partial charge < -0.3 is 19.3 Å². The van der Waals surface area contributed by atoms with Gasteiger partial charge in [-0.25, -0.2) is 0 Å². The molecule has 158 valence electrons. The largest absolute Gasteiger partial charge is 0.493 e. The molecule has 1 aromatic rings. The van der Waals surface area contributed by atoms with Crippen LogP contribution in [-0.4, -0.2) is 30.3 Å². The van der Waals surface area contributed by atoms with Crippen molar-refractivity contribution in [1.29, 1.82) is 0 Å². The zero-order valence-electron chi connectivity index (χ0n) is 17.4. The summed E-state index contributed by atoms with van der Waals surface area (Å²) in [6.45, 7) is 2.84. The second-order valence-corrected chi connectivity index (χ2v) is 8.84. The molecule has 2 saturated carbocycles. The lowest BCUT2D eigenvalue weighted by Crippen LogP contribution is -2.43. The normalized spacial score (nSPS) is 33.0. The van der Waals surface area contributed by atoms with Crippen LogP contribution in [-0.2, 0) is 26.3 Å². The van der Waals surface area contributed by atoms with Gasteiger partial charge in [-0.2, -0.15) is 0 Å². The Kier molecular flexibility index (Phi) is 5.32. The summed E-state index contributed by atoms with van der Waals surface area (Å²) < 4.78 is 16.4. The second-order valence-electron chi connectivity index (χ2n) is 8.84. The minimum absolute atomic E-state index is 0.0344. The van der Waals surface area contributed by atoms with Crippen LogP contribution in [0.25, 0.3) is 0 Å². The molecule has 0 aromatic heterocycles. The van der Waals surface area contributed by atoms with E-state index in [1.807, 2.05) is 12.1 Å². The zero-order valence-corrected chi connectivity index (χ0v) is 17.4. The van der Waals surface area contributed by atoms with E-state index in [1.165, 1.54) is 13.8 Å². The molecule has 6 nitrogen and oxygen atoms in total. The molecule has 3 aliphatic rings. The summed E-state index contributed by atoms with van der Waals surface area (Å²) >= 11 is 0. The van der Waals surface area contributed by atoms with Crippen molar-refractivity contribution in [3.63, 3.8) is 0 Å². The first-order valence-corrected chi connectivity index (χ1v) is 10.6. The predicted octanol–water partition coefficient (Wildman–Crippen LogP) is 3.51. The standard InChI is InChI=1S/C23H30O6/c1-13(24)28-20-7-5-15-10-17(20)8-9-23(26)18(15)6-4-16-11-22(29-14(2)25)21(27-3)12-19(16)23/h11-12,15,17-18,20,26H,4-10H2,1-3H3/t15?,17-,18?,20+,23?/m1/s1. The zero-order chi connectivity index (χ0) is 20.8. The number of hydrogen-bond donors (Lipinski definition) is 1. The first-order valence-electron chi connectivity index (χ1n) is 10.6. The lowest BCUT2D eigenvalue weighted by atomic mass is 9.64. The van der Waals surface area contributed by atoms with Gasteiger partial charge in [-0.1, -0.05) is 0 Å². The van der Waals surface area contributed by atoms with E-state index in [2.05, 4.69) is 0 Å². The van der Waals surface area contributed by atoms with E-state index in [0.717, 1.165) is 49.7 Å². The number of rotatable bonds is 3. The van der Waals surface area contributed by atoms with Crippen molar-refractivity contribution in [3.8, 4) is 11.5 Å². The summed E-state index contributed by atoms with van der Waals surface area (Å²) in [5.74, 6) is 1.17. The Morgan fingerprint density at radius 3 is 2.52 bits per heavy atom. The van der Waals surface area contributed by atoms with Gasteiger partial charge in [0.2, 0.25) is 0 Å². The van der Waals surface area contributed by atoms with E-state index >= 15 is 0 Å². The van der Waals surface area contributed by atoms with Gasteiger partial charge in [0.25, 0.3) is 0 Å². The Morgan fingerprint density at radius 2 is 1.83 bits per heavy atom. The Hall–Kier alpha value is -2.08. The smallest absolute Gasteiger partial charge is 0.308 e. The van der Waals surface area contributed by atoms with E-state index in [-0.39, 0.29) is 18.0 Å². The van der Waals surface area contributed by atoms with Crippen LogP contribution in [0.2, 0.25) is 0 Å². The third-order valence-corrected chi connectivity index (χ3v) is 7.18. The number of aryl methyl sites for hydroxylation is 1. The van der Waals surface area contributed by atoms with Crippen LogP contribution in [0.15, 0.2) is 12.1 Å². The predicted molar refractivity (Wildman–Crippen MR) is 106 cm³/mol. The summed E-state index contributed by atoms with van der Waals surface area (Å²) in [4.78, 5) is 22.9. The summed E-state index contributed by atoms with van der Waals surface area (Å²) in [5, 5.41) is 12.0. The van der Waals surface area contributed by atoms with Gasteiger partial charge in [-0.15, -0.1) is 0 Å². The van der Waals surface area contributed by atoms with Crippen molar-refractivity contribution in [1.82, 2.24) is 0 Å². The topological polar surface area (TPSA) is 82.1 Å². The molecule has 6 heteroatoms. The van der Waals surface area contributed by atoms with Gasteiger partial charge in [-0.05, 0) is 86.0 Å². The minimum atomic E-state index is -0.930. The highest BCUT2D eigenvalue weighted by Crippen LogP contribution is 2.55. The van der Waals surface area contributed by atoms with Gasteiger partial charge in [-0.3, -0.25) is 9.59 Å². The highest BCUT2D eigenvalue weighted by molar-refractivity contribution is 5.71. The lowest BCUT2D eigenvalue weighted by Gasteiger charge is -2.45. The van der Waals surface area contributed by atoms with Gasteiger partial charge in [0.1, 0.15) is 6.10 Å². The molecule has 0 aliphatic heterocycles. The number of carbonyl (C=O) groups excluding carboxylic acids is 2. The van der Waals surface area contributed by atoms with Crippen molar-refractivity contribution >= 4 is 11.9 Å². The van der Waals surface area contributed by atoms with Gasteiger partial charge in [0.05, 0.1) is 12.7 Å². The van der Waals surface area contributed by atoms with Crippen LogP contribution < -0.4 is 9.47 Å². The Bertz CT molecular complexity index is 818. The van der Waals surface area contributed by atoms with Gasteiger partial charge in [0.15, 0.2) is 11.5 Å². The van der Waals surface area contributed by atoms with Crippen LogP contribution in [0, 0.1) is 17.8 Å². The van der Waals surface area contributed by atoms with Crippen LogP contribution >= 0.6 is 0 Å². The molecule has 2 fully saturated rings. The number of carbonyl (C=O) groups is 2. The van der Waals surface area contributed by atoms with Crippen molar-refractivity contribution in [2.45, 2.75) is 70.5 Å². The summed E-state index contributed by atoms with van der Waals surface area (Å²) in [6, 6.07) is 3.71. The van der Waals surface area contributed by atoms with E-state index in [0.29, 0.717) is 29.8 Å². The van der Waals surface area contributed by atoms with Crippen LogP contribution in [0.3, 0.4) is 0 Å². The third-order valence-electron chi connectivity index (χ3n) is 7.18. The molecule has 0 saturated heterocycles. The molecule has 29 heavy (non-hydrogen) atoms. The Labute approximate surface area is 171 Å². The number of esters is 2. The SMILES string of the molecule is COc1cc2c(cc1OC(C)=O)CCC1C3CC[C@H](OC(C)=O)[C@H](CCC21O)C3. The number of ether oxygens (including phenoxy) is 3. The van der Waals surface area contributed by atoms with E-state index < -0.39 is 11.6 Å². The average molecular weight is 402 g/mol. The maximum absolute atomic E-state index is 12.0. The van der Waals surface area contributed by atoms with E-state index in [1.54, 1.807) is 7.11 Å². The second kappa shape index (κ2) is 7.63. The molecule has 0 radical (unpaired) electrons. The molecule has 0 spiro atoms. The molecule has 5 atom stereocenters. The number of fused-ring (bicyclic) bond motifs is 6. The number of benzene rings is 1. The van der Waals surface area contributed by atoms with Crippen LogP contribution in [0.5, 0.6) is 11.5 Å². The Balaban J connectivity index is 1.69. The fourth-order valence-corrected chi connectivity index (χ4v) is 6.02. The molecule has 1 aromatic carbocycles. The van der Waals surface area contributed by atoms with E-state index in [4.69, 9.17) is 14.2 Å². The minimum Gasteiger partial charge on any atom is -0.493 e. The molecule has 1 N–H and O–H groups in total. The Morgan fingerprint density at radius 1 is 1.03 bits per heavy atom. The fourth-order valence-electron chi connectivity index (χ4n) is 6.02. The molecule has 0 amide bonds. The summed E-state index contributed by atoms with van der Waals surface area (Å²) in [5.41, 5.74) is 0.993. The van der Waals surface area contributed by atoms with Gasteiger partial charge in [0, 0.05) is 13.8 Å². The highest BCUT2D eigenvalue weighted by Gasteiger charge is 2.51. The summed E-state index contributed by atoms with van der Waals surface area (Å²) in [6.07, 6.45) is 6.04. The summed E-state index contributed by atoms with van der Waals surface area (Å²) in [7, 11) is 1.54. The van der Waals surface area contributed by atoms with Gasteiger partial charge >= 0.3 is 11.9 Å². The molecular formula is C23H30O6. The maximum atomic E-state index is 12.0. The number of aliphatic hydroxyl groups is 1. The average Bonchev–Trinajstić information content (AvgIpc) is 2.78. The van der Waals surface area contributed by atoms with E-state index in [9.17, 15) is 14.7 Å². The molecule has 3 aliphatic carbocycles. The molecule has 2 bridgehead atoms. The molecule has 4 rings (SSSR count). The molecular weight excluding hydrogens is 372 g/mol. The quantitative estimate of drug-likeness (QED) is 0.615. The van der Waals surface area contributed by atoms with Crippen molar-refractivity contribution in [2.75, 3.05) is 7.11 Å². The van der Waals surface area contributed by atoms with Crippen LogP contribution in [0.1, 0.15) is 63.5 Å². The monoisotopic (exact) mass is 402 g/mol. The molecule has 0 heterocycles. The molecule has 3 unspecified atom stereocenters. The lowest BCUT2D eigenvalue weighted by molar-refractivity contribution is -0.152. The van der Waals surface area contributed by atoms with Crippen molar-refractivity contribution < 1.29 is 28.9 Å². The van der Waals surface area contributed by atoms with Crippen LogP contribution in [0.4, 0.5) is 0 Å². The number of hydrogen-bond acceptors (Lipinski definition) is 6. The number of methoxy groups -OCH3 is 1. The highest BCUT2D eigenvalue weighted by atomic mass is 16.6. The maximum Gasteiger partial charge on any atom is 0.308 e. The third kappa shape index (κ3) is 3.63. The first-order chi connectivity index (χ1) is 13.8. The fraction of sp³-hybridized carbons (Fsp3) is 0.652. The van der Waals surface area contributed by atoms with Crippen molar-refractivity contribution in [2.24, 2.45) is 17.8 Å². The van der Waals surface area contributed by atoms with Crippen molar-refractivity contribution in [3.05, 3.63) is 23.3 Å².